The van der Waals surface area contributed by atoms with Crippen LogP contribution in [0.3, 0.4) is 0 Å². The van der Waals surface area contributed by atoms with Gasteiger partial charge >= 0.3 is 6.01 Å². The maximum atomic E-state index is 6.00. The lowest BCUT2D eigenvalue weighted by Crippen LogP contribution is -1.93. The monoisotopic (exact) mass is 248 g/mol. The maximum absolute atomic E-state index is 6.00. The first kappa shape index (κ1) is 10.3. The third-order valence-electron chi connectivity index (χ3n) is 3.35. The number of hydrogen-bond acceptors (Lipinski definition) is 1. The largest absolute Gasteiger partial charge is 0.495 e. The minimum absolute atomic E-state index is 0.899. The molecule has 2 heterocycles. The second kappa shape index (κ2) is 3.67. The fourth-order valence-corrected chi connectivity index (χ4v) is 2.46. The summed E-state index contributed by atoms with van der Waals surface area (Å²) in [5, 5.41) is 2.29. The van der Waals surface area contributed by atoms with Crippen molar-refractivity contribution in [2.75, 3.05) is 7.05 Å². The molecule has 3 aromatic rings. The lowest BCUT2D eigenvalue weighted by atomic mass is 10.1. The van der Waals surface area contributed by atoms with Crippen LogP contribution in [-0.2, 0) is 0 Å². The molecule has 19 heavy (non-hydrogen) atoms. The number of rotatable bonds is 1. The summed E-state index contributed by atoms with van der Waals surface area (Å²) >= 11 is 0. The molecule has 0 atom stereocenters. The van der Waals surface area contributed by atoms with E-state index in [9.17, 15) is 0 Å². The Balaban J connectivity index is 2.13. The van der Waals surface area contributed by atoms with Crippen molar-refractivity contribution in [1.82, 2.24) is 0 Å². The van der Waals surface area contributed by atoms with Gasteiger partial charge in [-0.05, 0) is 12.1 Å². The van der Waals surface area contributed by atoms with E-state index in [4.69, 9.17) is 4.42 Å². The van der Waals surface area contributed by atoms with Crippen LogP contribution < -0.4 is 0 Å². The molecule has 2 aromatic carbocycles. The van der Waals surface area contributed by atoms with Gasteiger partial charge in [0.2, 0.25) is 11.8 Å². The van der Waals surface area contributed by atoms with Gasteiger partial charge in [0, 0.05) is 16.8 Å². The van der Waals surface area contributed by atoms with Crippen LogP contribution in [0, 0.1) is 0 Å². The third-order valence-corrected chi connectivity index (χ3v) is 3.35. The summed E-state index contributed by atoms with van der Waals surface area (Å²) < 4.78 is 9.84. The minimum Gasteiger partial charge on any atom is -0.449 e. The molecule has 0 saturated carbocycles. The first-order valence-corrected chi connectivity index (χ1v) is 6.20. The summed E-state index contributed by atoms with van der Waals surface area (Å²) in [4.78, 5) is 0. The van der Waals surface area contributed by atoms with Gasteiger partial charge in [-0.2, -0.15) is 0 Å². The Bertz CT molecular complexity index is 909. The molecule has 1 aromatic heterocycles. The van der Waals surface area contributed by atoms with E-state index >= 15 is 0 Å². The van der Waals surface area contributed by atoms with Gasteiger partial charge in [0.25, 0.3) is 11.9 Å². The van der Waals surface area contributed by atoms with E-state index in [1.807, 2.05) is 58.9 Å². The first-order valence-electron chi connectivity index (χ1n) is 6.20. The molecule has 3 heteroatoms. The van der Waals surface area contributed by atoms with E-state index < -0.39 is 0 Å². The molecule has 0 unspecified atom stereocenters. The van der Waals surface area contributed by atoms with E-state index in [-0.39, 0.29) is 0 Å². The van der Waals surface area contributed by atoms with E-state index in [0.717, 1.165) is 27.6 Å². The van der Waals surface area contributed by atoms with Gasteiger partial charge < -0.3 is 4.42 Å². The van der Waals surface area contributed by atoms with E-state index in [0.29, 0.717) is 0 Å². The van der Waals surface area contributed by atoms with E-state index in [2.05, 4.69) is 18.1 Å². The van der Waals surface area contributed by atoms with Gasteiger partial charge in [-0.25, -0.2) is 0 Å². The van der Waals surface area contributed by atoms with Crippen molar-refractivity contribution in [1.29, 1.82) is 0 Å². The average molecular weight is 248 g/mol. The molecule has 90 valence electrons. The standard InChI is InChI=1S/C16H12N2O/c1-17-9-10-18(11-17)14-7-4-6-13-12-5-2-3-8-15(12)19-16(13)14/h2-10H,1H3/q+2. The number of benzene rings is 2. The van der Waals surface area contributed by atoms with Gasteiger partial charge in [-0.3, -0.25) is 0 Å². The number of furan rings is 1. The molecule has 0 radical (unpaired) electrons. The fraction of sp³-hybridized carbons (Fsp3) is 0.0625. The highest BCUT2D eigenvalue weighted by atomic mass is 16.3. The molecule has 4 rings (SSSR count). The molecular formula is C16H12N2O+2. The van der Waals surface area contributed by atoms with Crippen molar-refractivity contribution in [3.05, 3.63) is 54.9 Å². The third kappa shape index (κ3) is 1.46. The number of hydrogen-bond donors (Lipinski definition) is 0. The molecule has 0 spiro atoms. The Morgan fingerprint density at radius 2 is 1.79 bits per heavy atom. The average Bonchev–Trinajstić information content (AvgIpc) is 3.02. The maximum Gasteiger partial charge on any atom is 0.495 e. The predicted molar refractivity (Wildman–Crippen MR) is 74.0 cm³/mol. The Morgan fingerprint density at radius 3 is 2.63 bits per heavy atom. The highest BCUT2D eigenvalue weighted by molar-refractivity contribution is 6.07. The summed E-state index contributed by atoms with van der Waals surface area (Å²) in [6.45, 7) is 0. The highest BCUT2D eigenvalue weighted by Gasteiger charge is 2.22. The molecule has 0 N–H and O–H groups in total. The van der Waals surface area contributed by atoms with Crippen LogP contribution in [0.25, 0.3) is 21.9 Å². The van der Waals surface area contributed by atoms with Crippen molar-refractivity contribution < 1.29 is 13.6 Å². The summed E-state index contributed by atoms with van der Waals surface area (Å²) in [6, 6.07) is 17.5. The lowest BCUT2D eigenvalue weighted by Gasteiger charge is -1.90. The van der Waals surface area contributed by atoms with Crippen LogP contribution in [0.5, 0.6) is 0 Å². The Labute approximate surface area is 110 Å². The van der Waals surface area contributed by atoms with Crippen molar-refractivity contribution in [3.8, 4) is 0 Å². The zero-order chi connectivity index (χ0) is 12.8. The zero-order valence-electron chi connectivity index (χ0n) is 10.5. The van der Waals surface area contributed by atoms with Crippen LogP contribution in [-0.4, -0.2) is 22.2 Å². The molecule has 0 saturated heterocycles. The summed E-state index contributed by atoms with van der Waals surface area (Å²) in [6.07, 6.45) is 3.93. The van der Waals surface area contributed by atoms with Crippen molar-refractivity contribution >= 4 is 33.6 Å². The van der Waals surface area contributed by atoms with Crippen molar-refractivity contribution in [2.24, 2.45) is 0 Å². The Morgan fingerprint density at radius 1 is 0.947 bits per heavy atom. The summed E-state index contributed by atoms with van der Waals surface area (Å²) in [7, 11) is 1.95. The number of para-hydroxylation sites is 2. The van der Waals surface area contributed by atoms with Crippen LogP contribution in [0.15, 0.2) is 59.3 Å². The second-order valence-electron chi connectivity index (χ2n) is 4.63. The highest BCUT2D eigenvalue weighted by Crippen LogP contribution is 2.34. The minimum atomic E-state index is 0.899. The van der Waals surface area contributed by atoms with Crippen molar-refractivity contribution in [3.63, 3.8) is 0 Å². The molecule has 1 aliphatic heterocycles. The van der Waals surface area contributed by atoms with Crippen molar-refractivity contribution in [2.45, 2.75) is 0 Å². The Hall–Kier alpha value is -2.64. The fourth-order valence-electron chi connectivity index (χ4n) is 2.46. The zero-order valence-corrected chi connectivity index (χ0v) is 10.5. The van der Waals surface area contributed by atoms with Crippen LogP contribution in [0.2, 0.25) is 0 Å². The smallest absolute Gasteiger partial charge is 0.449 e. The Kier molecular flexibility index (Phi) is 1.99. The summed E-state index contributed by atoms with van der Waals surface area (Å²) in [5.74, 6) is 0. The van der Waals surface area contributed by atoms with E-state index in [1.54, 1.807) is 0 Å². The van der Waals surface area contributed by atoms with Gasteiger partial charge in [0.15, 0.2) is 7.05 Å². The molecular weight excluding hydrogens is 236 g/mol. The molecule has 1 aliphatic rings. The molecule has 0 aliphatic carbocycles. The first-order chi connectivity index (χ1) is 9.33. The second-order valence-corrected chi connectivity index (χ2v) is 4.63. The van der Waals surface area contributed by atoms with Crippen LogP contribution in [0.1, 0.15) is 0 Å². The van der Waals surface area contributed by atoms with Gasteiger partial charge in [-0.15, -0.1) is 0 Å². The van der Waals surface area contributed by atoms with E-state index in [1.165, 1.54) is 0 Å². The topological polar surface area (TPSA) is 19.2 Å². The van der Waals surface area contributed by atoms with Gasteiger partial charge in [-0.1, -0.05) is 33.4 Å². The van der Waals surface area contributed by atoms with Gasteiger partial charge in [0.1, 0.15) is 5.58 Å². The van der Waals surface area contributed by atoms with Crippen LogP contribution >= 0.6 is 0 Å². The quantitative estimate of drug-likeness (QED) is 0.603. The van der Waals surface area contributed by atoms with Gasteiger partial charge in [0.05, 0.1) is 0 Å². The summed E-state index contributed by atoms with van der Waals surface area (Å²) in [5.41, 5.74) is 2.83. The molecule has 3 nitrogen and oxygen atoms in total. The molecule has 0 amide bonds. The SMILES string of the molecule is C[N+]1=C=[N+](c2cccc3c2oc2ccccc23)C=C1. The van der Waals surface area contributed by atoms with Crippen LogP contribution in [0.4, 0.5) is 5.69 Å². The predicted octanol–water partition coefficient (Wildman–Crippen LogP) is 3.53. The number of fused-ring (bicyclic) bond motifs is 3. The normalized spacial score (nSPS) is 14.2. The lowest BCUT2D eigenvalue weighted by molar-refractivity contribution is -0.429. The number of nitrogens with zero attached hydrogens (tertiary/aromatic N) is 2. The molecule has 0 bridgehead atoms. The molecule has 0 fully saturated rings.